The third kappa shape index (κ3) is 5.07. The number of ether oxygens (including phenoxy) is 1. The smallest absolute Gasteiger partial charge is 0.241 e. The molecule has 1 rings (SSSR count). The third-order valence-electron chi connectivity index (χ3n) is 2.55. The Balaban J connectivity index is 0.00000361. The Morgan fingerprint density at radius 3 is 2.50 bits per heavy atom. The van der Waals surface area contributed by atoms with Crippen LogP contribution < -0.4 is 21.1 Å². The van der Waals surface area contributed by atoms with Crippen molar-refractivity contribution in [3.63, 3.8) is 0 Å². The highest BCUT2D eigenvalue weighted by Crippen LogP contribution is 2.28. The fourth-order valence-electron chi connectivity index (χ4n) is 1.50. The average molecular weight is 302 g/mol. The number of halogens is 1. The molecule has 0 aliphatic rings. The maximum Gasteiger partial charge on any atom is 0.241 e. The summed E-state index contributed by atoms with van der Waals surface area (Å²) in [7, 11) is 1.50. The van der Waals surface area contributed by atoms with Gasteiger partial charge in [0, 0.05) is 12.6 Å². The van der Waals surface area contributed by atoms with Crippen LogP contribution in [0, 0.1) is 0 Å². The number of amides is 2. The number of nitrogens with one attached hydrogen (secondary N) is 2. The molecule has 6 nitrogen and oxygen atoms in total. The van der Waals surface area contributed by atoms with E-state index in [4.69, 9.17) is 10.5 Å². The molecule has 0 unspecified atom stereocenters. The van der Waals surface area contributed by atoms with Gasteiger partial charge in [0.2, 0.25) is 11.8 Å². The summed E-state index contributed by atoms with van der Waals surface area (Å²) >= 11 is 0. The van der Waals surface area contributed by atoms with E-state index < -0.39 is 6.04 Å². The zero-order valence-corrected chi connectivity index (χ0v) is 12.5. The van der Waals surface area contributed by atoms with Crippen molar-refractivity contribution in [3.05, 3.63) is 18.2 Å². The standard InChI is InChI=1S/C13H19N3O3.ClH/c1-4-10(14)13(18)16-11-7-9(15-8(2)17)5-6-12(11)19-3;/h5-7,10H,4,14H2,1-3H3,(H,15,17)(H,16,18);1H/t10-;/m0./s1. The van der Waals surface area contributed by atoms with Gasteiger partial charge in [0.25, 0.3) is 0 Å². The van der Waals surface area contributed by atoms with Crippen LogP contribution >= 0.6 is 12.4 Å². The van der Waals surface area contributed by atoms with Gasteiger partial charge in [-0.1, -0.05) is 6.92 Å². The van der Waals surface area contributed by atoms with E-state index in [1.54, 1.807) is 18.2 Å². The fourth-order valence-corrected chi connectivity index (χ4v) is 1.50. The number of hydrogen-bond donors (Lipinski definition) is 3. The van der Waals surface area contributed by atoms with E-state index in [1.807, 2.05) is 6.92 Å². The van der Waals surface area contributed by atoms with Crippen molar-refractivity contribution in [3.8, 4) is 5.75 Å². The molecule has 0 radical (unpaired) electrons. The first-order valence-electron chi connectivity index (χ1n) is 6.00. The summed E-state index contributed by atoms with van der Waals surface area (Å²) in [5, 5.41) is 5.32. The maximum absolute atomic E-state index is 11.8. The van der Waals surface area contributed by atoms with Gasteiger partial charge in [-0.25, -0.2) is 0 Å². The quantitative estimate of drug-likeness (QED) is 0.772. The van der Waals surface area contributed by atoms with Gasteiger partial charge in [-0.2, -0.15) is 0 Å². The fraction of sp³-hybridized carbons (Fsp3) is 0.385. The SMILES string of the molecule is CC[C@H](N)C(=O)Nc1cc(NC(C)=O)ccc1OC.Cl. The molecule has 0 saturated carbocycles. The second-order valence-electron chi connectivity index (χ2n) is 4.10. The van der Waals surface area contributed by atoms with Crippen LogP contribution in [-0.2, 0) is 9.59 Å². The van der Waals surface area contributed by atoms with E-state index in [0.717, 1.165) is 0 Å². The van der Waals surface area contributed by atoms with Crippen LogP contribution in [0.3, 0.4) is 0 Å². The molecule has 0 aromatic heterocycles. The van der Waals surface area contributed by atoms with Gasteiger partial charge < -0.3 is 21.1 Å². The van der Waals surface area contributed by atoms with Crippen molar-refractivity contribution >= 4 is 35.6 Å². The van der Waals surface area contributed by atoms with Crippen molar-refractivity contribution in [2.75, 3.05) is 17.7 Å². The molecule has 2 amide bonds. The first-order chi connectivity index (χ1) is 8.97. The molecule has 7 heteroatoms. The highest BCUT2D eigenvalue weighted by molar-refractivity contribution is 5.97. The molecule has 0 aliphatic heterocycles. The molecule has 0 aliphatic carbocycles. The third-order valence-corrected chi connectivity index (χ3v) is 2.55. The summed E-state index contributed by atoms with van der Waals surface area (Å²) in [5.74, 6) is 0.0271. The molecule has 20 heavy (non-hydrogen) atoms. The molecular weight excluding hydrogens is 282 g/mol. The van der Waals surface area contributed by atoms with Crippen LogP contribution in [0.5, 0.6) is 5.75 Å². The monoisotopic (exact) mass is 301 g/mol. The number of carbonyl (C=O) groups is 2. The Morgan fingerprint density at radius 1 is 1.35 bits per heavy atom. The zero-order chi connectivity index (χ0) is 14.4. The molecular formula is C13H20ClN3O3. The number of hydrogen-bond acceptors (Lipinski definition) is 4. The normalized spacial score (nSPS) is 11.0. The minimum atomic E-state index is -0.575. The molecule has 112 valence electrons. The lowest BCUT2D eigenvalue weighted by atomic mass is 10.2. The Kier molecular flexibility index (Phi) is 7.64. The number of carbonyl (C=O) groups excluding carboxylic acids is 2. The molecule has 0 bridgehead atoms. The topological polar surface area (TPSA) is 93.5 Å². The number of methoxy groups -OCH3 is 1. The van der Waals surface area contributed by atoms with Gasteiger partial charge in [-0.15, -0.1) is 12.4 Å². The van der Waals surface area contributed by atoms with Crippen molar-refractivity contribution < 1.29 is 14.3 Å². The predicted octanol–water partition coefficient (Wildman–Crippen LogP) is 1.75. The van der Waals surface area contributed by atoms with Gasteiger partial charge in [0.1, 0.15) is 5.75 Å². The Hall–Kier alpha value is -1.79. The minimum Gasteiger partial charge on any atom is -0.495 e. The highest BCUT2D eigenvalue weighted by Gasteiger charge is 2.14. The van der Waals surface area contributed by atoms with Crippen LogP contribution in [0.25, 0.3) is 0 Å². The summed E-state index contributed by atoms with van der Waals surface area (Å²) in [6, 6.07) is 4.41. The van der Waals surface area contributed by atoms with Crippen molar-refractivity contribution in [2.45, 2.75) is 26.3 Å². The largest absolute Gasteiger partial charge is 0.495 e. The molecule has 0 fully saturated rings. The minimum absolute atomic E-state index is 0. The first-order valence-corrected chi connectivity index (χ1v) is 6.00. The van der Waals surface area contributed by atoms with Crippen LogP contribution in [0.2, 0.25) is 0 Å². The van der Waals surface area contributed by atoms with Crippen molar-refractivity contribution in [2.24, 2.45) is 5.73 Å². The van der Waals surface area contributed by atoms with E-state index >= 15 is 0 Å². The lowest BCUT2D eigenvalue weighted by molar-refractivity contribution is -0.117. The molecule has 0 saturated heterocycles. The number of anilines is 2. The van der Waals surface area contributed by atoms with Crippen LogP contribution in [0.15, 0.2) is 18.2 Å². The van der Waals surface area contributed by atoms with Crippen LogP contribution in [-0.4, -0.2) is 25.0 Å². The van der Waals surface area contributed by atoms with Crippen molar-refractivity contribution in [1.29, 1.82) is 0 Å². The van der Waals surface area contributed by atoms with E-state index in [-0.39, 0.29) is 24.2 Å². The van der Waals surface area contributed by atoms with E-state index in [2.05, 4.69) is 10.6 Å². The Morgan fingerprint density at radius 2 is 2.00 bits per heavy atom. The van der Waals surface area contributed by atoms with E-state index in [0.29, 0.717) is 23.5 Å². The van der Waals surface area contributed by atoms with Crippen LogP contribution in [0.4, 0.5) is 11.4 Å². The highest BCUT2D eigenvalue weighted by atomic mass is 35.5. The summed E-state index contributed by atoms with van der Waals surface area (Å²) in [6.07, 6.45) is 0.541. The molecule has 0 heterocycles. The molecule has 1 aromatic carbocycles. The van der Waals surface area contributed by atoms with E-state index in [1.165, 1.54) is 14.0 Å². The van der Waals surface area contributed by atoms with Gasteiger partial charge >= 0.3 is 0 Å². The summed E-state index contributed by atoms with van der Waals surface area (Å²) in [5.41, 5.74) is 6.70. The van der Waals surface area contributed by atoms with Crippen LogP contribution in [0.1, 0.15) is 20.3 Å². The van der Waals surface area contributed by atoms with Gasteiger partial charge in [-0.05, 0) is 24.6 Å². The maximum atomic E-state index is 11.8. The average Bonchev–Trinajstić information content (AvgIpc) is 2.37. The Bertz CT molecular complexity index is 480. The number of nitrogens with two attached hydrogens (primary N) is 1. The summed E-state index contributed by atoms with van der Waals surface area (Å²) in [4.78, 5) is 22.8. The van der Waals surface area contributed by atoms with E-state index in [9.17, 15) is 9.59 Å². The predicted molar refractivity (Wildman–Crippen MR) is 81.4 cm³/mol. The molecule has 4 N–H and O–H groups in total. The molecule has 1 aromatic rings. The lowest BCUT2D eigenvalue weighted by Gasteiger charge is -2.14. The molecule has 1 atom stereocenters. The van der Waals surface area contributed by atoms with Gasteiger partial charge in [0.05, 0.1) is 18.8 Å². The van der Waals surface area contributed by atoms with Gasteiger partial charge in [-0.3, -0.25) is 9.59 Å². The summed E-state index contributed by atoms with van der Waals surface area (Å²) < 4.78 is 5.15. The zero-order valence-electron chi connectivity index (χ0n) is 11.7. The number of rotatable bonds is 5. The second kappa shape index (κ2) is 8.39. The van der Waals surface area contributed by atoms with Gasteiger partial charge in [0.15, 0.2) is 0 Å². The molecule has 0 spiro atoms. The first kappa shape index (κ1) is 18.2. The number of benzene rings is 1. The van der Waals surface area contributed by atoms with Crippen molar-refractivity contribution in [1.82, 2.24) is 0 Å². The lowest BCUT2D eigenvalue weighted by Crippen LogP contribution is -2.34. The second-order valence-corrected chi connectivity index (χ2v) is 4.10. The Labute approximate surface area is 124 Å². The summed E-state index contributed by atoms with van der Waals surface area (Å²) in [6.45, 7) is 3.24.